The maximum atomic E-state index is 12.2. The van der Waals surface area contributed by atoms with Gasteiger partial charge in [0.25, 0.3) is 11.5 Å². The molecule has 0 radical (unpaired) electrons. The molecule has 0 saturated carbocycles. The number of para-hydroxylation sites is 1. The van der Waals surface area contributed by atoms with Crippen molar-refractivity contribution in [2.45, 2.75) is 19.9 Å². The molecule has 0 saturated heterocycles. The number of amides is 1. The van der Waals surface area contributed by atoms with Crippen molar-refractivity contribution in [1.82, 2.24) is 4.57 Å². The van der Waals surface area contributed by atoms with E-state index in [9.17, 15) is 9.59 Å². The van der Waals surface area contributed by atoms with Crippen molar-refractivity contribution < 1.29 is 9.53 Å². The lowest BCUT2D eigenvalue weighted by molar-refractivity contribution is 0.0998. The number of nitrogens with two attached hydrogens (primary N) is 1. The van der Waals surface area contributed by atoms with Crippen molar-refractivity contribution in [2.75, 3.05) is 7.11 Å². The molecule has 0 bridgehead atoms. The van der Waals surface area contributed by atoms with E-state index in [0.717, 1.165) is 17.0 Å². The zero-order valence-electron chi connectivity index (χ0n) is 12.1. The highest BCUT2D eigenvalue weighted by Crippen LogP contribution is 2.18. The van der Waals surface area contributed by atoms with Gasteiger partial charge >= 0.3 is 0 Å². The van der Waals surface area contributed by atoms with Crippen molar-refractivity contribution in [2.24, 2.45) is 5.73 Å². The minimum Gasteiger partial charge on any atom is -0.496 e. The van der Waals surface area contributed by atoms with Gasteiger partial charge in [0.05, 0.1) is 7.11 Å². The normalized spacial score (nSPS) is 10.4. The number of rotatable bonds is 5. The number of ether oxygens (including phenoxy) is 1. The summed E-state index contributed by atoms with van der Waals surface area (Å²) in [5, 5.41) is 0. The van der Waals surface area contributed by atoms with E-state index in [1.807, 2.05) is 31.2 Å². The van der Waals surface area contributed by atoms with Gasteiger partial charge < -0.3 is 15.0 Å². The van der Waals surface area contributed by atoms with Gasteiger partial charge in [-0.15, -0.1) is 0 Å². The molecule has 21 heavy (non-hydrogen) atoms. The maximum Gasteiger partial charge on any atom is 0.263 e. The van der Waals surface area contributed by atoms with Gasteiger partial charge in [0.1, 0.15) is 11.3 Å². The summed E-state index contributed by atoms with van der Waals surface area (Å²) >= 11 is 0. The number of pyridine rings is 1. The van der Waals surface area contributed by atoms with Crippen LogP contribution in [0.5, 0.6) is 5.75 Å². The Morgan fingerprint density at radius 2 is 1.95 bits per heavy atom. The first-order valence-electron chi connectivity index (χ1n) is 6.66. The molecular formula is C16H18N2O3. The van der Waals surface area contributed by atoms with E-state index in [1.54, 1.807) is 17.7 Å². The van der Waals surface area contributed by atoms with Crippen LogP contribution >= 0.6 is 0 Å². The highest BCUT2D eigenvalue weighted by molar-refractivity contribution is 5.92. The van der Waals surface area contributed by atoms with Crippen LogP contribution in [0.2, 0.25) is 0 Å². The number of hydrogen-bond acceptors (Lipinski definition) is 3. The number of aromatic nitrogens is 1. The van der Waals surface area contributed by atoms with Crippen LogP contribution in [0.4, 0.5) is 0 Å². The molecule has 0 aliphatic heterocycles. The van der Waals surface area contributed by atoms with E-state index in [2.05, 4.69) is 0 Å². The zero-order chi connectivity index (χ0) is 15.4. The standard InChI is InChI=1S/C16H18N2O3/c1-11-7-8-13(15(17)19)16(20)18(11)10-9-12-5-3-4-6-14(12)21-2/h3-8H,9-10H2,1-2H3,(H2,17,19). The number of hydrogen-bond donors (Lipinski definition) is 1. The first-order chi connectivity index (χ1) is 10.0. The number of methoxy groups -OCH3 is 1. The quantitative estimate of drug-likeness (QED) is 0.905. The average Bonchev–Trinajstić information content (AvgIpc) is 2.47. The summed E-state index contributed by atoms with van der Waals surface area (Å²) in [6.07, 6.45) is 0.632. The van der Waals surface area contributed by atoms with E-state index in [0.29, 0.717) is 13.0 Å². The van der Waals surface area contributed by atoms with Crippen LogP contribution in [0.15, 0.2) is 41.2 Å². The summed E-state index contributed by atoms with van der Waals surface area (Å²) in [5.74, 6) is 0.0836. The van der Waals surface area contributed by atoms with Gasteiger partial charge in [-0.05, 0) is 37.1 Å². The van der Waals surface area contributed by atoms with E-state index in [4.69, 9.17) is 10.5 Å². The van der Waals surface area contributed by atoms with Crippen LogP contribution < -0.4 is 16.0 Å². The highest BCUT2D eigenvalue weighted by Gasteiger charge is 2.11. The van der Waals surface area contributed by atoms with E-state index in [-0.39, 0.29) is 11.1 Å². The maximum absolute atomic E-state index is 12.2. The Hall–Kier alpha value is -2.56. The van der Waals surface area contributed by atoms with Crippen LogP contribution in [0.1, 0.15) is 21.6 Å². The second-order valence-electron chi connectivity index (χ2n) is 4.77. The molecule has 1 aromatic carbocycles. The van der Waals surface area contributed by atoms with Gasteiger partial charge in [0, 0.05) is 12.2 Å². The Morgan fingerprint density at radius 3 is 2.62 bits per heavy atom. The first-order valence-corrected chi connectivity index (χ1v) is 6.66. The van der Waals surface area contributed by atoms with Crippen LogP contribution in [0.3, 0.4) is 0 Å². The molecule has 0 fully saturated rings. The summed E-state index contributed by atoms with van der Waals surface area (Å²) in [7, 11) is 1.62. The second-order valence-corrected chi connectivity index (χ2v) is 4.77. The molecule has 2 aromatic rings. The Bertz CT molecular complexity index is 720. The lowest BCUT2D eigenvalue weighted by Gasteiger charge is -2.12. The van der Waals surface area contributed by atoms with Gasteiger partial charge in [-0.1, -0.05) is 18.2 Å². The number of primary amides is 1. The van der Waals surface area contributed by atoms with Crippen molar-refractivity contribution in [3.63, 3.8) is 0 Å². The molecule has 1 heterocycles. The molecule has 0 aliphatic rings. The Morgan fingerprint density at radius 1 is 1.24 bits per heavy atom. The lowest BCUT2D eigenvalue weighted by Crippen LogP contribution is -2.31. The minimum atomic E-state index is -0.703. The molecular weight excluding hydrogens is 268 g/mol. The number of carbonyl (C=O) groups excluding carboxylic acids is 1. The van der Waals surface area contributed by atoms with Gasteiger partial charge in [-0.25, -0.2) is 0 Å². The number of aryl methyl sites for hydroxylation is 2. The predicted molar refractivity (Wildman–Crippen MR) is 80.7 cm³/mol. The van der Waals surface area contributed by atoms with Gasteiger partial charge in [-0.3, -0.25) is 9.59 Å². The van der Waals surface area contributed by atoms with Crippen LogP contribution in [0, 0.1) is 6.92 Å². The summed E-state index contributed by atoms with van der Waals surface area (Å²) in [4.78, 5) is 23.5. The summed E-state index contributed by atoms with van der Waals surface area (Å²) in [6, 6.07) is 10.9. The van der Waals surface area contributed by atoms with E-state index >= 15 is 0 Å². The fourth-order valence-corrected chi connectivity index (χ4v) is 2.28. The number of benzene rings is 1. The van der Waals surface area contributed by atoms with Crippen LogP contribution in [-0.2, 0) is 13.0 Å². The largest absolute Gasteiger partial charge is 0.496 e. The molecule has 2 rings (SSSR count). The summed E-state index contributed by atoms with van der Waals surface area (Å²) in [6.45, 7) is 2.29. The average molecular weight is 286 g/mol. The summed E-state index contributed by atoms with van der Waals surface area (Å²) in [5.41, 5.74) is 6.68. The topological polar surface area (TPSA) is 74.3 Å². The second kappa shape index (κ2) is 6.26. The minimum absolute atomic E-state index is 0.0145. The molecule has 0 atom stereocenters. The monoisotopic (exact) mass is 286 g/mol. The molecule has 1 aromatic heterocycles. The Balaban J connectivity index is 2.30. The molecule has 1 amide bonds. The van der Waals surface area contributed by atoms with Gasteiger partial charge in [0.2, 0.25) is 0 Å². The first kappa shape index (κ1) is 14.8. The Kier molecular flexibility index (Phi) is 4.42. The third-order valence-electron chi connectivity index (χ3n) is 3.46. The van der Waals surface area contributed by atoms with Crippen molar-refractivity contribution >= 4 is 5.91 Å². The van der Waals surface area contributed by atoms with Crippen molar-refractivity contribution in [1.29, 1.82) is 0 Å². The molecule has 0 unspecified atom stereocenters. The lowest BCUT2D eigenvalue weighted by atomic mass is 10.1. The molecule has 0 aliphatic carbocycles. The zero-order valence-corrected chi connectivity index (χ0v) is 12.1. The molecule has 0 spiro atoms. The van der Waals surface area contributed by atoms with Crippen LogP contribution in [0.25, 0.3) is 0 Å². The fourth-order valence-electron chi connectivity index (χ4n) is 2.28. The SMILES string of the molecule is COc1ccccc1CCn1c(C)ccc(C(N)=O)c1=O. The third kappa shape index (κ3) is 3.13. The molecule has 5 nitrogen and oxygen atoms in total. The smallest absolute Gasteiger partial charge is 0.263 e. The number of nitrogens with zero attached hydrogens (tertiary/aromatic N) is 1. The van der Waals surface area contributed by atoms with Gasteiger partial charge in [-0.2, -0.15) is 0 Å². The summed E-state index contributed by atoms with van der Waals surface area (Å²) < 4.78 is 6.86. The fraction of sp³-hybridized carbons (Fsp3) is 0.250. The predicted octanol–water partition coefficient (Wildman–Crippen LogP) is 1.51. The van der Waals surface area contributed by atoms with E-state index in [1.165, 1.54) is 6.07 Å². The Labute approximate surface area is 123 Å². The van der Waals surface area contributed by atoms with E-state index < -0.39 is 5.91 Å². The third-order valence-corrected chi connectivity index (χ3v) is 3.46. The molecule has 2 N–H and O–H groups in total. The highest BCUT2D eigenvalue weighted by atomic mass is 16.5. The van der Waals surface area contributed by atoms with Crippen LogP contribution in [-0.4, -0.2) is 17.6 Å². The number of carbonyl (C=O) groups is 1. The molecule has 5 heteroatoms. The van der Waals surface area contributed by atoms with Crippen molar-refractivity contribution in [3.05, 3.63) is 63.6 Å². The molecule has 110 valence electrons. The van der Waals surface area contributed by atoms with Crippen molar-refractivity contribution in [3.8, 4) is 5.75 Å². The van der Waals surface area contributed by atoms with Gasteiger partial charge in [0.15, 0.2) is 0 Å².